The minimum atomic E-state index is -0.897. The van der Waals surface area contributed by atoms with E-state index in [2.05, 4.69) is 14.9 Å². The lowest BCUT2D eigenvalue weighted by atomic mass is 10.2. The summed E-state index contributed by atoms with van der Waals surface area (Å²) in [7, 11) is 0. The molecule has 1 N–H and O–H groups in total. The van der Waals surface area contributed by atoms with Crippen LogP contribution in [0.1, 0.15) is 16.2 Å². The molecular weight excluding hydrogens is 196 g/mol. The molecule has 0 unspecified atom stereocenters. The lowest BCUT2D eigenvalue weighted by Gasteiger charge is -2.02. The molecular formula is C10H8N2O3. The zero-order chi connectivity index (χ0) is 10.8. The van der Waals surface area contributed by atoms with Crippen LogP contribution in [0, 0.1) is 6.92 Å². The van der Waals surface area contributed by atoms with Crippen LogP contribution in [0.15, 0.2) is 24.3 Å². The molecule has 0 aliphatic carbocycles. The highest BCUT2D eigenvalue weighted by molar-refractivity contribution is 5.90. The number of hydrogen-bond acceptors (Lipinski definition) is 5. The average molecular weight is 204 g/mol. The van der Waals surface area contributed by atoms with Gasteiger partial charge in [0.1, 0.15) is 0 Å². The molecule has 0 aliphatic rings. The van der Waals surface area contributed by atoms with Crippen LogP contribution in [-0.2, 0) is 4.89 Å². The van der Waals surface area contributed by atoms with Crippen molar-refractivity contribution >= 4 is 17.0 Å². The van der Waals surface area contributed by atoms with Crippen LogP contribution in [0.2, 0.25) is 0 Å². The van der Waals surface area contributed by atoms with Gasteiger partial charge in [-0.1, -0.05) is 12.1 Å². The summed E-state index contributed by atoms with van der Waals surface area (Å²) < 4.78 is 0. The quantitative estimate of drug-likeness (QED) is 0.563. The predicted molar refractivity (Wildman–Crippen MR) is 52.3 cm³/mol. The molecule has 0 amide bonds. The zero-order valence-electron chi connectivity index (χ0n) is 7.97. The number of aryl methyl sites for hydroxylation is 1. The van der Waals surface area contributed by atoms with E-state index in [1.165, 1.54) is 0 Å². The molecule has 0 saturated heterocycles. The average Bonchev–Trinajstić information content (AvgIpc) is 2.27. The lowest BCUT2D eigenvalue weighted by Crippen LogP contribution is -2.08. The lowest BCUT2D eigenvalue weighted by molar-refractivity contribution is -0.183. The number of fused-ring (bicyclic) bond motifs is 1. The molecule has 1 heterocycles. The Morgan fingerprint density at radius 2 is 1.87 bits per heavy atom. The van der Waals surface area contributed by atoms with Crippen LogP contribution < -0.4 is 0 Å². The normalized spacial score (nSPS) is 10.3. The Balaban J connectivity index is 2.67. The van der Waals surface area contributed by atoms with E-state index >= 15 is 0 Å². The molecule has 0 bridgehead atoms. The highest BCUT2D eigenvalue weighted by Gasteiger charge is 2.14. The highest BCUT2D eigenvalue weighted by atomic mass is 17.1. The van der Waals surface area contributed by atoms with Crippen LogP contribution in [0.4, 0.5) is 0 Å². The molecule has 2 aromatic rings. The number of rotatable bonds is 1. The number of aromatic nitrogens is 2. The van der Waals surface area contributed by atoms with Crippen LogP contribution in [0.25, 0.3) is 11.0 Å². The molecule has 76 valence electrons. The summed E-state index contributed by atoms with van der Waals surface area (Å²) in [4.78, 5) is 22.9. The molecule has 1 aromatic heterocycles. The fourth-order valence-corrected chi connectivity index (χ4v) is 1.32. The van der Waals surface area contributed by atoms with E-state index < -0.39 is 5.97 Å². The molecule has 0 aliphatic heterocycles. The van der Waals surface area contributed by atoms with E-state index in [-0.39, 0.29) is 5.69 Å². The van der Waals surface area contributed by atoms with Gasteiger partial charge in [-0.2, -0.15) is 5.26 Å². The maximum Gasteiger partial charge on any atom is 0.392 e. The molecule has 0 spiro atoms. The van der Waals surface area contributed by atoms with Crippen molar-refractivity contribution < 1.29 is 14.9 Å². The van der Waals surface area contributed by atoms with Crippen molar-refractivity contribution in [1.82, 2.24) is 9.97 Å². The van der Waals surface area contributed by atoms with E-state index in [0.717, 1.165) is 0 Å². The highest BCUT2D eigenvalue weighted by Crippen LogP contribution is 2.12. The summed E-state index contributed by atoms with van der Waals surface area (Å²) in [5.41, 5.74) is 1.73. The van der Waals surface area contributed by atoms with Gasteiger partial charge in [-0.05, 0) is 19.1 Å². The van der Waals surface area contributed by atoms with Gasteiger partial charge in [0.25, 0.3) is 0 Å². The second-order valence-corrected chi connectivity index (χ2v) is 3.03. The maximum absolute atomic E-state index is 11.1. The third kappa shape index (κ3) is 1.64. The Labute approximate surface area is 85.3 Å². The Morgan fingerprint density at radius 1 is 1.27 bits per heavy atom. The summed E-state index contributed by atoms with van der Waals surface area (Å²) in [6, 6.07) is 7.15. The number of nitrogens with zero attached hydrogens (tertiary/aromatic N) is 2. The van der Waals surface area contributed by atoms with Crippen molar-refractivity contribution in [3.05, 3.63) is 35.7 Å². The van der Waals surface area contributed by atoms with E-state index in [0.29, 0.717) is 16.7 Å². The number of para-hydroxylation sites is 2. The Kier molecular flexibility index (Phi) is 2.31. The van der Waals surface area contributed by atoms with Gasteiger partial charge in [0.15, 0.2) is 5.69 Å². The van der Waals surface area contributed by atoms with Crippen molar-refractivity contribution in [2.45, 2.75) is 6.92 Å². The monoisotopic (exact) mass is 204 g/mol. The first kappa shape index (κ1) is 9.54. The van der Waals surface area contributed by atoms with Crippen LogP contribution in [-0.4, -0.2) is 21.2 Å². The van der Waals surface area contributed by atoms with Crippen LogP contribution >= 0.6 is 0 Å². The Morgan fingerprint density at radius 3 is 2.47 bits per heavy atom. The fourth-order valence-electron chi connectivity index (χ4n) is 1.32. The van der Waals surface area contributed by atoms with Gasteiger partial charge in [-0.3, -0.25) is 4.89 Å². The molecule has 2 rings (SSSR count). The third-order valence-corrected chi connectivity index (χ3v) is 2.02. The summed E-state index contributed by atoms with van der Waals surface area (Å²) in [6.45, 7) is 1.63. The summed E-state index contributed by atoms with van der Waals surface area (Å²) in [5, 5.41) is 8.27. The molecule has 15 heavy (non-hydrogen) atoms. The second-order valence-electron chi connectivity index (χ2n) is 3.03. The number of benzene rings is 1. The number of carbonyl (C=O) groups excluding carboxylic acids is 1. The van der Waals surface area contributed by atoms with Crippen LogP contribution in [0.3, 0.4) is 0 Å². The first-order chi connectivity index (χ1) is 7.22. The third-order valence-electron chi connectivity index (χ3n) is 2.02. The van der Waals surface area contributed by atoms with Crippen molar-refractivity contribution in [1.29, 1.82) is 0 Å². The fraction of sp³-hybridized carbons (Fsp3) is 0.100. The predicted octanol–water partition coefficient (Wildman–Crippen LogP) is 1.57. The van der Waals surface area contributed by atoms with E-state index in [9.17, 15) is 4.79 Å². The van der Waals surface area contributed by atoms with E-state index in [1.54, 1.807) is 25.1 Å². The largest absolute Gasteiger partial charge is 0.392 e. The van der Waals surface area contributed by atoms with Gasteiger partial charge in [-0.25, -0.2) is 14.8 Å². The molecule has 0 atom stereocenters. The van der Waals surface area contributed by atoms with Crippen molar-refractivity contribution in [2.75, 3.05) is 0 Å². The minimum Gasteiger partial charge on any atom is -0.294 e. The van der Waals surface area contributed by atoms with Gasteiger partial charge >= 0.3 is 5.97 Å². The van der Waals surface area contributed by atoms with Gasteiger partial charge in [0.2, 0.25) is 0 Å². The first-order valence-corrected chi connectivity index (χ1v) is 4.31. The summed E-state index contributed by atoms with van der Waals surface area (Å²) in [5.74, 6) is -0.897. The molecule has 0 radical (unpaired) electrons. The second kappa shape index (κ2) is 3.62. The number of carbonyl (C=O) groups is 1. The topological polar surface area (TPSA) is 72.3 Å². The van der Waals surface area contributed by atoms with Crippen molar-refractivity contribution in [2.24, 2.45) is 0 Å². The van der Waals surface area contributed by atoms with Crippen molar-refractivity contribution in [3.63, 3.8) is 0 Å². The summed E-state index contributed by atoms with van der Waals surface area (Å²) in [6.07, 6.45) is 0. The molecule has 0 saturated carbocycles. The van der Waals surface area contributed by atoms with Gasteiger partial charge in [0.05, 0.1) is 16.7 Å². The van der Waals surface area contributed by atoms with Gasteiger partial charge in [0, 0.05) is 0 Å². The zero-order valence-corrected chi connectivity index (χ0v) is 7.97. The minimum absolute atomic E-state index is 0.0243. The maximum atomic E-state index is 11.1. The van der Waals surface area contributed by atoms with Crippen LogP contribution in [0.5, 0.6) is 0 Å². The first-order valence-electron chi connectivity index (χ1n) is 4.31. The Hall–Kier alpha value is -2.01. The smallest absolute Gasteiger partial charge is 0.294 e. The molecule has 5 nitrogen and oxygen atoms in total. The van der Waals surface area contributed by atoms with E-state index in [1.807, 2.05) is 6.07 Å². The Bertz CT molecular complexity index is 525. The van der Waals surface area contributed by atoms with Gasteiger partial charge in [-0.15, -0.1) is 0 Å². The molecule has 0 fully saturated rings. The SMILES string of the molecule is Cc1nc2ccccc2nc1C(=O)OO. The summed E-state index contributed by atoms with van der Waals surface area (Å²) >= 11 is 0. The molecule has 5 heteroatoms. The molecule has 1 aromatic carbocycles. The van der Waals surface area contributed by atoms with E-state index in [4.69, 9.17) is 5.26 Å². The van der Waals surface area contributed by atoms with Gasteiger partial charge < -0.3 is 0 Å². The van der Waals surface area contributed by atoms with Crippen molar-refractivity contribution in [3.8, 4) is 0 Å². The number of hydrogen-bond donors (Lipinski definition) is 1. The standard InChI is InChI=1S/C10H8N2O3/c1-6-9(10(13)15-14)12-8-5-3-2-4-7(8)11-6/h2-5,14H,1H3.